The molecule has 0 bridgehead atoms. The molecule has 0 amide bonds. The van der Waals surface area contributed by atoms with Crippen molar-refractivity contribution in [3.05, 3.63) is 58.8 Å². The van der Waals surface area contributed by atoms with Gasteiger partial charge in [-0.1, -0.05) is 23.2 Å². The van der Waals surface area contributed by atoms with Crippen molar-refractivity contribution in [1.29, 1.82) is 0 Å². The number of nitrogens with zero attached hydrogens (tertiary/aromatic N) is 1. The molecular weight excluding hydrogens is 293 g/mol. The zero-order chi connectivity index (χ0) is 14.1. The molecule has 5 heteroatoms. The van der Waals surface area contributed by atoms with Gasteiger partial charge >= 0.3 is 0 Å². The minimum atomic E-state index is 0.509. The highest BCUT2D eigenvalue weighted by Gasteiger charge is 2.05. The molecule has 20 heavy (non-hydrogen) atoms. The lowest BCUT2D eigenvalue weighted by Gasteiger charge is -2.11. The standard InChI is InChI=1S/C15H11Cl2N3/c16-12-2-1-9(7-13(12)17)20-15-4-3-14(18)10-5-6-19-8-11(10)15/h1-8,20H,18H2. The monoisotopic (exact) mass is 303 g/mol. The van der Waals surface area contributed by atoms with Gasteiger partial charge in [-0.2, -0.15) is 0 Å². The summed E-state index contributed by atoms with van der Waals surface area (Å²) in [5.74, 6) is 0. The van der Waals surface area contributed by atoms with Crippen LogP contribution in [-0.2, 0) is 0 Å². The van der Waals surface area contributed by atoms with Crippen LogP contribution < -0.4 is 11.1 Å². The first-order chi connectivity index (χ1) is 9.65. The van der Waals surface area contributed by atoms with E-state index >= 15 is 0 Å². The van der Waals surface area contributed by atoms with Crippen molar-refractivity contribution in [2.24, 2.45) is 0 Å². The molecule has 3 nitrogen and oxygen atoms in total. The molecule has 0 aliphatic carbocycles. The smallest absolute Gasteiger partial charge is 0.0612 e. The third-order valence-corrected chi connectivity index (χ3v) is 3.79. The molecule has 1 heterocycles. The van der Waals surface area contributed by atoms with E-state index in [-0.39, 0.29) is 0 Å². The fraction of sp³-hybridized carbons (Fsp3) is 0. The zero-order valence-electron chi connectivity index (χ0n) is 10.4. The van der Waals surface area contributed by atoms with E-state index in [1.807, 2.05) is 24.3 Å². The normalized spacial score (nSPS) is 10.7. The highest BCUT2D eigenvalue weighted by Crippen LogP contribution is 2.31. The van der Waals surface area contributed by atoms with Crippen LogP contribution >= 0.6 is 23.2 Å². The van der Waals surface area contributed by atoms with E-state index in [1.54, 1.807) is 24.5 Å². The molecular formula is C15H11Cl2N3. The van der Waals surface area contributed by atoms with Crippen LogP contribution in [0.5, 0.6) is 0 Å². The van der Waals surface area contributed by atoms with E-state index in [2.05, 4.69) is 10.3 Å². The maximum Gasteiger partial charge on any atom is 0.0612 e. The van der Waals surface area contributed by atoms with Gasteiger partial charge in [-0.15, -0.1) is 0 Å². The minimum Gasteiger partial charge on any atom is -0.398 e. The fourth-order valence-electron chi connectivity index (χ4n) is 2.05. The van der Waals surface area contributed by atoms with Gasteiger partial charge in [0, 0.05) is 40.2 Å². The number of nitrogen functional groups attached to an aromatic ring is 1. The van der Waals surface area contributed by atoms with Crippen LogP contribution in [0, 0.1) is 0 Å². The van der Waals surface area contributed by atoms with Crippen LogP contribution in [0.15, 0.2) is 48.8 Å². The third-order valence-electron chi connectivity index (χ3n) is 3.05. The van der Waals surface area contributed by atoms with Crippen LogP contribution in [0.3, 0.4) is 0 Å². The summed E-state index contributed by atoms with van der Waals surface area (Å²) in [6.45, 7) is 0. The topological polar surface area (TPSA) is 50.9 Å². The Morgan fingerprint density at radius 3 is 2.60 bits per heavy atom. The van der Waals surface area contributed by atoms with Gasteiger partial charge in [0.05, 0.1) is 10.0 Å². The number of fused-ring (bicyclic) bond motifs is 1. The van der Waals surface area contributed by atoms with Gasteiger partial charge in [0.25, 0.3) is 0 Å². The molecule has 2 aromatic carbocycles. The molecule has 1 aromatic heterocycles. The molecule has 0 aliphatic rings. The van der Waals surface area contributed by atoms with Crippen molar-refractivity contribution < 1.29 is 0 Å². The first kappa shape index (κ1) is 13.0. The Labute approximate surface area is 126 Å². The zero-order valence-corrected chi connectivity index (χ0v) is 11.9. The summed E-state index contributed by atoms with van der Waals surface area (Å²) in [5.41, 5.74) is 8.47. The van der Waals surface area contributed by atoms with Crippen molar-refractivity contribution in [3.63, 3.8) is 0 Å². The predicted molar refractivity (Wildman–Crippen MR) is 85.9 cm³/mol. The van der Waals surface area contributed by atoms with Crippen molar-refractivity contribution in [3.8, 4) is 0 Å². The van der Waals surface area contributed by atoms with Gasteiger partial charge in [-0.05, 0) is 36.4 Å². The molecule has 0 atom stereocenters. The van der Waals surface area contributed by atoms with Crippen LogP contribution in [0.25, 0.3) is 10.8 Å². The van der Waals surface area contributed by atoms with Gasteiger partial charge in [0.1, 0.15) is 0 Å². The molecule has 3 N–H and O–H groups in total. The average molecular weight is 304 g/mol. The van der Waals surface area contributed by atoms with Crippen LogP contribution in [0.4, 0.5) is 17.1 Å². The molecule has 0 fully saturated rings. The van der Waals surface area contributed by atoms with Gasteiger partial charge in [0.2, 0.25) is 0 Å². The summed E-state index contributed by atoms with van der Waals surface area (Å²) in [5, 5.41) is 6.26. The Hall–Kier alpha value is -1.97. The van der Waals surface area contributed by atoms with Crippen LogP contribution in [0.1, 0.15) is 0 Å². The van der Waals surface area contributed by atoms with Gasteiger partial charge in [-0.3, -0.25) is 4.98 Å². The summed E-state index contributed by atoms with van der Waals surface area (Å²) in [7, 11) is 0. The van der Waals surface area contributed by atoms with Crippen molar-refractivity contribution >= 4 is 51.0 Å². The lowest BCUT2D eigenvalue weighted by Crippen LogP contribution is -1.94. The first-order valence-corrected chi connectivity index (χ1v) is 6.75. The van der Waals surface area contributed by atoms with E-state index < -0.39 is 0 Å². The Balaban J connectivity index is 2.06. The average Bonchev–Trinajstić information content (AvgIpc) is 2.46. The highest BCUT2D eigenvalue weighted by atomic mass is 35.5. The number of hydrogen-bond acceptors (Lipinski definition) is 3. The van der Waals surface area contributed by atoms with E-state index in [4.69, 9.17) is 28.9 Å². The molecule has 0 radical (unpaired) electrons. The second kappa shape index (κ2) is 5.19. The number of hydrogen-bond donors (Lipinski definition) is 2. The van der Waals surface area contributed by atoms with Gasteiger partial charge < -0.3 is 11.1 Å². The number of rotatable bonds is 2. The van der Waals surface area contributed by atoms with Crippen molar-refractivity contribution in [2.75, 3.05) is 11.1 Å². The number of aromatic nitrogens is 1. The summed E-state index contributed by atoms with van der Waals surface area (Å²) in [4.78, 5) is 4.15. The number of halogens is 2. The maximum atomic E-state index is 6.02. The predicted octanol–water partition coefficient (Wildman–Crippen LogP) is 4.87. The lowest BCUT2D eigenvalue weighted by molar-refractivity contribution is 1.36. The fourth-order valence-corrected chi connectivity index (χ4v) is 2.35. The molecule has 3 aromatic rings. The van der Waals surface area contributed by atoms with E-state index in [0.717, 1.165) is 27.8 Å². The largest absolute Gasteiger partial charge is 0.398 e. The number of benzene rings is 2. The summed E-state index contributed by atoms with van der Waals surface area (Å²) < 4.78 is 0. The Morgan fingerprint density at radius 1 is 0.950 bits per heavy atom. The lowest BCUT2D eigenvalue weighted by atomic mass is 10.1. The number of nitrogens with two attached hydrogens (primary N) is 1. The summed E-state index contributed by atoms with van der Waals surface area (Å²) in [6.07, 6.45) is 3.51. The Morgan fingerprint density at radius 2 is 1.80 bits per heavy atom. The quantitative estimate of drug-likeness (QED) is 0.664. The molecule has 0 spiro atoms. The summed E-state index contributed by atoms with van der Waals surface area (Å²) in [6, 6.07) is 11.1. The molecule has 0 saturated heterocycles. The third kappa shape index (κ3) is 2.38. The van der Waals surface area contributed by atoms with Crippen molar-refractivity contribution in [2.45, 2.75) is 0 Å². The SMILES string of the molecule is Nc1ccc(Nc2ccc(Cl)c(Cl)c2)c2cnccc12. The Kier molecular flexibility index (Phi) is 3.38. The van der Waals surface area contributed by atoms with Crippen LogP contribution in [0.2, 0.25) is 10.0 Å². The van der Waals surface area contributed by atoms with Crippen molar-refractivity contribution in [1.82, 2.24) is 4.98 Å². The number of anilines is 3. The molecule has 0 unspecified atom stereocenters. The number of nitrogens with one attached hydrogen (secondary N) is 1. The maximum absolute atomic E-state index is 6.02. The van der Waals surface area contributed by atoms with Gasteiger partial charge in [-0.25, -0.2) is 0 Å². The molecule has 100 valence electrons. The highest BCUT2D eigenvalue weighted by molar-refractivity contribution is 6.42. The molecule has 0 aliphatic heterocycles. The first-order valence-electron chi connectivity index (χ1n) is 5.99. The van der Waals surface area contributed by atoms with Crippen LogP contribution in [-0.4, -0.2) is 4.98 Å². The minimum absolute atomic E-state index is 0.509. The Bertz CT molecular complexity index is 787. The van der Waals surface area contributed by atoms with E-state index in [9.17, 15) is 0 Å². The second-order valence-corrected chi connectivity index (χ2v) is 5.19. The molecule has 0 saturated carbocycles. The summed E-state index contributed by atoms with van der Waals surface area (Å²) >= 11 is 11.9. The van der Waals surface area contributed by atoms with Gasteiger partial charge in [0.15, 0.2) is 0 Å². The second-order valence-electron chi connectivity index (χ2n) is 4.38. The van der Waals surface area contributed by atoms with E-state index in [1.165, 1.54) is 0 Å². The van der Waals surface area contributed by atoms with E-state index in [0.29, 0.717) is 10.0 Å². The number of pyridine rings is 1. The molecule has 3 rings (SSSR count).